The molecule has 1 fully saturated rings. The molecule has 1 saturated carbocycles. The second-order valence-corrected chi connectivity index (χ2v) is 8.69. The summed E-state index contributed by atoms with van der Waals surface area (Å²) in [5.41, 5.74) is 0.871. The minimum atomic E-state index is -3.81. The molecule has 0 unspecified atom stereocenters. The van der Waals surface area contributed by atoms with Crippen LogP contribution < -0.4 is 14.8 Å². The summed E-state index contributed by atoms with van der Waals surface area (Å²) >= 11 is 12.2. The Morgan fingerprint density at radius 2 is 1.93 bits per heavy atom. The molecule has 0 aromatic heterocycles. The van der Waals surface area contributed by atoms with Crippen molar-refractivity contribution in [2.24, 2.45) is 0 Å². The van der Waals surface area contributed by atoms with Crippen molar-refractivity contribution in [1.29, 1.82) is 0 Å². The molecule has 27 heavy (non-hydrogen) atoms. The van der Waals surface area contributed by atoms with Crippen LogP contribution in [-0.2, 0) is 16.6 Å². The summed E-state index contributed by atoms with van der Waals surface area (Å²) in [5, 5.41) is 2.77. The predicted molar refractivity (Wildman–Crippen MR) is 104 cm³/mol. The van der Waals surface area contributed by atoms with Crippen molar-refractivity contribution in [3.8, 4) is 5.75 Å². The van der Waals surface area contributed by atoms with Gasteiger partial charge in [-0.15, -0.1) is 0 Å². The molecule has 1 aliphatic rings. The van der Waals surface area contributed by atoms with Gasteiger partial charge in [0.05, 0.1) is 22.7 Å². The number of carbonyl (C=O) groups excluding carboxylic acids is 1. The van der Waals surface area contributed by atoms with E-state index in [2.05, 4.69) is 10.0 Å². The van der Waals surface area contributed by atoms with Gasteiger partial charge in [-0.05, 0) is 42.7 Å². The number of benzene rings is 2. The minimum absolute atomic E-state index is 0.0301. The number of halogens is 2. The van der Waals surface area contributed by atoms with Crippen molar-refractivity contribution >= 4 is 39.1 Å². The van der Waals surface area contributed by atoms with E-state index >= 15 is 0 Å². The lowest BCUT2D eigenvalue weighted by Crippen LogP contribution is -2.27. The van der Waals surface area contributed by atoms with E-state index in [1.165, 1.54) is 12.1 Å². The fraction of sp³-hybridized carbons (Fsp3) is 0.278. The van der Waals surface area contributed by atoms with E-state index in [4.69, 9.17) is 27.9 Å². The largest absolute Gasteiger partial charge is 0.497 e. The first-order chi connectivity index (χ1) is 12.8. The number of hydrogen-bond acceptors (Lipinski definition) is 4. The highest BCUT2D eigenvalue weighted by atomic mass is 35.5. The van der Waals surface area contributed by atoms with Crippen LogP contribution in [0.3, 0.4) is 0 Å². The van der Waals surface area contributed by atoms with Crippen LogP contribution in [-0.4, -0.2) is 27.5 Å². The molecule has 0 saturated heterocycles. The summed E-state index contributed by atoms with van der Waals surface area (Å²) in [5.74, 6) is 0.174. The molecule has 6 nitrogen and oxygen atoms in total. The van der Waals surface area contributed by atoms with Crippen molar-refractivity contribution in [2.75, 3.05) is 7.11 Å². The third-order valence-corrected chi connectivity index (χ3v) is 6.34. The lowest BCUT2D eigenvalue weighted by atomic mass is 10.2. The standard InChI is InChI=1S/C18H18Cl2N2O4S/c1-26-13-4-2-3-11(7-13)10-21-18(23)14-8-17(16(20)9-15(14)19)27(24,25)22-12-5-6-12/h2-4,7-9,12,22H,5-6,10H2,1H3,(H,21,23). The molecule has 2 N–H and O–H groups in total. The highest BCUT2D eigenvalue weighted by molar-refractivity contribution is 7.89. The number of amides is 1. The average Bonchev–Trinajstić information content (AvgIpc) is 3.43. The Balaban J connectivity index is 1.80. The number of methoxy groups -OCH3 is 1. The van der Waals surface area contributed by atoms with Crippen LogP contribution in [0.5, 0.6) is 5.75 Å². The molecule has 2 aromatic carbocycles. The summed E-state index contributed by atoms with van der Waals surface area (Å²) in [6.07, 6.45) is 1.58. The van der Waals surface area contributed by atoms with Crippen LogP contribution in [0.4, 0.5) is 0 Å². The van der Waals surface area contributed by atoms with E-state index in [1.807, 2.05) is 12.1 Å². The van der Waals surface area contributed by atoms with Gasteiger partial charge < -0.3 is 10.1 Å². The Hall–Kier alpha value is -1.80. The third-order valence-electron chi connectivity index (χ3n) is 4.04. The van der Waals surface area contributed by atoms with Crippen molar-refractivity contribution in [1.82, 2.24) is 10.0 Å². The van der Waals surface area contributed by atoms with Crippen LogP contribution in [0.1, 0.15) is 28.8 Å². The Kier molecular flexibility index (Phi) is 5.95. The number of ether oxygens (including phenoxy) is 1. The molecule has 9 heteroatoms. The monoisotopic (exact) mass is 428 g/mol. The van der Waals surface area contributed by atoms with Gasteiger partial charge in [-0.3, -0.25) is 4.79 Å². The molecule has 0 atom stereocenters. The molecule has 144 valence electrons. The number of nitrogens with one attached hydrogen (secondary N) is 2. The van der Waals surface area contributed by atoms with Crippen LogP contribution in [0.15, 0.2) is 41.3 Å². The van der Waals surface area contributed by atoms with Crippen molar-refractivity contribution in [2.45, 2.75) is 30.3 Å². The van der Waals surface area contributed by atoms with Crippen LogP contribution in [0.25, 0.3) is 0 Å². The van der Waals surface area contributed by atoms with Gasteiger partial charge in [-0.1, -0.05) is 35.3 Å². The topological polar surface area (TPSA) is 84.5 Å². The number of rotatable bonds is 7. The summed E-state index contributed by atoms with van der Waals surface area (Å²) in [6.45, 7) is 0.234. The van der Waals surface area contributed by atoms with Gasteiger partial charge in [0.15, 0.2) is 0 Å². The average molecular weight is 429 g/mol. The normalized spacial score (nSPS) is 14.0. The van der Waals surface area contributed by atoms with E-state index in [9.17, 15) is 13.2 Å². The number of sulfonamides is 1. The summed E-state index contributed by atoms with van der Waals surface area (Å²) in [4.78, 5) is 12.4. The molecule has 0 bridgehead atoms. The van der Waals surface area contributed by atoms with Crippen molar-refractivity contribution in [3.63, 3.8) is 0 Å². The van der Waals surface area contributed by atoms with Crippen molar-refractivity contribution < 1.29 is 17.9 Å². The fourth-order valence-corrected chi connectivity index (χ4v) is 4.62. The summed E-state index contributed by atoms with van der Waals surface area (Å²) in [7, 11) is -2.26. The van der Waals surface area contributed by atoms with Crippen LogP contribution >= 0.6 is 23.2 Å². The van der Waals surface area contributed by atoms with Gasteiger partial charge in [0.25, 0.3) is 5.91 Å². The molecular formula is C18H18Cl2N2O4S. The lowest BCUT2D eigenvalue weighted by Gasteiger charge is -2.12. The van der Waals surface area contributed by atoms with Gasteiger partial charge in [-0.2, -0.15) is 0 Å². The SMILES string of the molecule is COc1cccc(CNC(=O)c2cc(S(=O)(=O)NC3CC3)c(Cl)cc2Cl)c1. The highest BCUT2D eigenvalue weighted by Crippen LogP contribution is 2.30. The van der Waals surface area contributed by atoms with E-state index in [0.717, 1.165) is 18.4 Å². The highest BCUT2D eigenvalue weighted by Gasteiger charge is 2.30. The third kappa shape index (κ3) is 4.93. The molecule has 1 amide bonds. The van der Waals surface area contributed by atoms with E-state index in [1.54, 1.807) is 19.2 Å². The molecule has 0 spiro atoms. The number of carbonyl (C=O) groups is 1. The minimum Gasteiger partial charge on any atom is -0.497 e. The zero-order chi connectivity index (χ0) is 19.6. The molecule has 2 aromatic rings. The maximum atomic E-state index is 12.5. The van der Waals surface area contributed by atoms with Gasteiger partial charge in [0.2, 0.25) is 10.0 Å². The predicted octanol–water partition coefficient (Wildman–Crippen LogP) is 3.37. The lowest BCUT2D eigenvalue weighted by molar-refractivity contribution is 0.0951. The van der Waals surface area contributed by atoms with Crippen LogP contribution in [0.2, 0.25) is 10.0 Å². The Bertz CT molecular complexity index is 975. The van der Waals surface area contributed by atoms with Gasteiger partial charge in [-0.25, -0.2) is 13.1 Å². The van der Waals surface area contributed by atoms with Gasteiger partial charge >= 0.3 is 0 Å². The van der Waals surface area contributed by atoms with Gasteiger partial charge in [0, 0.05) is 12.6 Å². The van der Waals surface area contributed by atoms with Crippen LogP contribution in [0, 0.1) is 0 Å². The smallest absolute Gasteiger partial charge is 0.253 e. The maximum Gasteiger partial charge on any atom is 0.253 e. The second kappa shape index (κ2) is 8.06. The Morgan fingerprint density at radius 1 is 1.19 bits per heavy atom. The fourth-order valence-electron chi connectivity index (χ4n) is 2.45. The molecule has 0 radical (unpaired) electrons. The Labute approximate surface area is 167 Å². The molecule has 3 rings (SSSR count). The Morgan fingerprint density at radius 3 is 2.59 bits per heavy atom. The molecular weight excluding hydrogens is 411 g/mol. The summed E-state index contributed by atoms with van der Waals surface area (Å²) in [6, 6.07) is 9.63. The van der Waals surface area contributed by atoms with E-state index in [0.29, 0.717) is 5.75 Å². The number of hydrogen-bond donors (Lipinski definition) is 2. The summed E-state index contributed by atoms with van der Waals surface area (Å²) < 4.78 is 32.6. The maximum absolute atomic E-state index is 12.5. The zero-order valence-corrected chi connectivity index (χ0v) is 16.8. The van der Waals surface area contributed by atoms with E-state index in [-0.39, 0.29) is 33.1 Å². The first-order valence-electron chi connectivity index (χ1n) is 8.22. The van der Waals surface area contributed by atoms with Gasteiger partial charge in [0.1, 0.15) is 10.6 Å². The first kappa shape index (κ1) is 19.9. The van der Waals surface area contributed by atoms with E-state index < -0.39 is 15.9 Å². The molecule has 0 aliphatic heterocycles. The second-order valence-electron chi connectivity index (χ2n) is 6.19. The zero-order valence-electron chi connectivity index (χ0n) is 14.5. The van der Waals surface area contributed by atoms with Crippen molar-refractivity contribution in [3.05, 3.63) is 57.6 Å². The quantitative estimate of drug-likeness (QED) is 0.707. The first-order valence-corrected chi connectivity index (χ1v) is 10.5. The molecule has 0 heterocycles. The molecule has 1 aliphatic carbocycles.